The molecular formula is C12H14N4O2S. The third-order valence-corrected chi connectivity index (χ3v) is 3.07. The lowest BCUT2D eigenvalue weighted by Gasteiger charge is -2.18. The minimum absolute atomic E-state index is 0.103. The second-order valence-electron chi connectivity index (χ2n) is 3.94. The van der Waals surface area contributed by atoms with Gasteiger partial charge < -0.3 is 15.3 Å². The van der Waals surface area contributed by atoms with Crippen LogP contribution in [0.25, 0.3) is 0 Å². The molecule has 1 aromatic carbocycles. The topological polar surface area (TPSA) is 78.4 Å². The molecule has 0 atom stereocenters. The average Bonchev–Trinajstić information content (AvgIpc) is 2.94. The predicted molar refractivity (Wildman–Crippen MR) is 74.7 cm³/mol. The number of likely N-dealkylation sites (N-methyl/N-ethyl adjacent to an activating group) is 1. The number of nitrogens with zero attached hydrogens (tertiary/aromatic N) is 3. The van der Waals surface area contributed by atoms with Crippen molar-refractivity contribution in [1.82, 2.24) is 8.75 Å². The molecule has 1 heterocycles. The molecule has 0 fully saturated rings. The first-order valence-electron chi connectivity index (χ1n) is 5.71. The van der Waals surface area contributed by atoms with Crippen molar-refractivity contribution in [2.24, 2.45) is 0 Å². The van der Waals surface area contributed by atoms with Crippen molar-refractivity contribution in [3.63, 3.8) is 0 Å². The van der Waals surface area contributed by atoms with Gasteiger partial charge in [-0.25, -0.2) is 0 Å². The van der Waals surface area contributed by atoms with Crippen LogP contribution in [0.2, 0.25) is 0 Å². The van der Waals surface area contributed by atoms with Crippen LogP contribution in [0, 0.1) is 0 Å². The maximum absolute atomic E-state index is 11.7. The number of aliphatic hydroxyl groups excluding tert-OH is 1. The van der Waals surface area contributed by atoms with Crippen LogP contribution in [0.4, 0.5) is 11.4 Å². The zero-order valence-electron chi connectivity index (χ0n) is 10.4. The highest BCUT2D eigenvalue weighted by Gasteiger charge is 2.09. The summed E-state index contributed by atoms with van der Waals surface area (Å²) < 4.78 is 7.65. The monoisotopic (exact) mass is 278 g/mol. The molecule has 1 amide bonds. The standard InChI is InChI=1S/C12H14N4O2S/c1-16(6-7-17)10-4-2-9(3-5-10)14-12(18)11-8-13-19-15-11/h2-5,8,17H,6-7H2,1H3,(H,14,18). The maximum Gasteiger partial charge on any atom is 0.277 e. The van der Waals surface area contributed by atoms with Crippen molar-refractivity contribution in [3.8, 4) is 0 Å². The van der Waals surface area contributed by atoms with Crippen molar-refractivity contribution >= 4 is 29.0 Å². The summed E-state index contributed by atoms with van der Waals surface area (Å²) in [6, 6.07) is 7.37. The van der Waals surface area contributed by atoms with Crippen LogP contribution < -0.4 is 10.2 Å². The molecule has 0 bridgehead atoms. The summed E-state index contributed by atoms with van der Waals surface area (Å²) in [7, 11) is 1.89. The van der Waals surface area contributed by atoms with Gasteiger partial charge in [0.25, 0.3) is 5.91 Å². The molecule has 0 saturated carbocycles. The Morgan fingerprint density at radius 3 is 2.74 bits per heavy atom. The van der Waals surface area contributed by atoms with Crippen LogP contribution in [0.1, 0.15) is 10.5 Å². The Morgan fingerprint density at radius 2 is 2.16 bits per heavy atom. The van der Waals surface area contributed by atoms with E-state index in [0.717, 1.165) is 17.4 Å². The van der Waals surface area contributed by atoms with Crippen LogP contribution in [-0.4, -0.2) is 40.0 Å². The van der Waals surface area contributed by atoms with Crippen LogP contribution in [0.3, 0.4) is 0 Å². The summed E-state index contributed by atoms with van der Waals surface area (Å²) in [5, 5.41) is 11.6. The molecule has 19 heavy (non-hydrogen) atoms. The largest absolute Gasteiger partial charge is 0.395 e. The fourth-order valence-electron chi connectivity index (χ4n) is 1.54. The number of nitrogens with one attached hydrogen (secondary N) is 1. The highest BCUT2D eigenvalue weighted by Crippen LogP contribution is 2.17. The van der Waals surface area contributed by atoms with Gasteiger partial charge in [-0.1, -0.05) is 0 Å². The summed E-state index contributed by atoms with van der Waals surface area (Å²) in [5.41, 5.74) is 1.98. The van der Waals surface area contributed by atoms with Gasteiger partial charge in [-0.2, -0.15) is 8.75 Å². The maximum atomic E-state index is 11.7. The fraction of sp³-hybridized carbons (Fsp3) is 0.250. The Morgan fingerprint density at radius 1 is 1.42 bits per heavy atom. The second-order valence-corrected chi connectivity index (χ2v) is 4.50. The molecule has 2 rings (SSSR count). The Labute approximate surface area is 115 Å². The number of aliphatic hydroxyl groups is 1. The molecule has 2 N–H and O–H groups in total. The van der Waals surface area contributed by atoms with Crippen molar-refractivity contribution in [1.29, 1.82) is 0 Å². The predicted octanol–water partition coefficient (Wildman–Crippen LogP) is 1.22. The van der Waals surface area contributed by atoms with Gasteiger partial charge in [-0.15, -0.1) is 0 Å². The zero-order chi connectivity index (χ0) is 13.7. The number of amides is 1. The van der Waals surface area contributed by atoms with E-state index < -0.39 is 0 Å². The van der Waals surface area contributed by atoms with E-state index in [1.54, 1.807) is 12.1 Å². The van der Waals surface area contributed by atoms with Gasteiger partial charge in [0.05, 0.1) is 24.5 Å². The summed E-state index contributed by atoms with van der Waals surface area (Å²) in [4.78, 5) is 13.7. The first-order chi connectivity index (χ1) is 9.20. The lowest BCUT2D eigenvalue weighted by molar-refractivity contribution is 0.102. The first kappa shape index (κ1) is 13.4. The molecule has 0 radical (unpaired) electrons. The van der Waals surface area contributed by atoms with Gasteiger partial charge >= 0.3 is 0 Å². The number of rotatable bonds is 5. The van der Waals surface area contributed by atoms with Gasteiger partial charge in [-0.3, -0.25) is 4.79 Å². The second kappa shape index (κ2) is 6.26. The van der Waals surface area contributed by atoms with E-state index in [0.29, 0.717) is 17.9 Å². The van der Waals surface area contributed by atoms with Crippen LogP contribution in [-0.2, 0) is 0 Å². The molecule has 1 aromatic heterocycles. The minimum atomic E-state index is -0.273. The van der Waals surface area contributed by atoms with E-state index in [4.69, 9.17) is 5.11 Å². The summed E-state index contributed by atoms with van der Waals surface area (Å²) in [5.74, 6) is -0.273. The first-order valence-corrected chi connectivity index (χ1v) is 6.44. The van der Waals surface area contributed by atoms with Gasteiger partial charge in [0, 0.05) is 25.0 Å². The van der Waals surface area contributed by atoms with E-state index in [1.165, 1.54) is 6.20 Å². The Bertz CT molecular complexity index is 527. The highest BCUT2D eigenvalue weighted by atomic mass is 32.1. The molecule has 7 heteroatoms. The SMILES string of the molecule is CN(CCO)c1ccc(NC(=O)c2cnsn2)cc1. The minimum Gasteiger partial charge on any atom is -0.395 e. The third kappa shape index (κ3) is 3.49. The van der Waals surface area contributed by atoms with Gasteiger partial charge in [0.1, 0.15) is 0 Å². The molecule has 0 spiro atoms. The molecule has 2 aromatic rings. The van der Waals surface area contributed by atoms with E-state index >= 15 is 0 Å². The smallest absolute Gasteiger partial charge is 0.277 e. The van der Waals surface area contributed by atoms with E-state index in [1.807, 2.05) is 24.1 Å². The number of hydrogen-bond donors (Lipinski definition) is 2. The van der Waals surface area contributed by atoms with Gasteiger partial charge in [0.2, 0.25) is 0 Å². The van der Waals surface area contributed by atoms with Gasteiger partial charge in [0.15, 0.2) is 5.69 Å². The Kier molecular flexibility index (Phi) is 4.43. The zero-order valence-corrected chi connectivity index (χ0v) is 11.2. The molecule has 0 aliphatic carbocycles. The molecular weight excluding hydrogens is 264 g/mol. The number of hydrogen-bond acceptors (Lipinski definition) is 6. The number of aromatic nitrogens is 2. The summed E-state index contributed by atoms with van der Waals surface area (Å²) in [6.45, 7) is 0.669. The molecule has 0 aliphatic heterocycles. The van der Waals surface area contributed by atoms with E-state index in [2.05, 4.69) is 14.1 Å². The Hall–Kier alpha value is -1.99. The molecule has 0 aliphatic rings. The molecule has 100 valence electrons. The summed E-state index contributed by atoms with van der Waals surface area (Å²) in [6.07, 6.45) is 1.43. The highest BCUT2D eigenvalue weighted by molar-refractivity contribution is 6.99. The molecule has 0 saturated heterocycles. The lowest BCUT2D eigenvalue weighted by Crippen LogP contribution is -2.21. The van der Waals surface area contributed by atoms with E-state index in [-0.39, 0.29) is 12.5 Å². The third-order valence-electron chi connectivity index (χ3n) is 2.60. The van der Waals surface area contributed by atoms with Crippen molar-refractivity contribution in [2.45, 2.75) is 0 Å². The fourth-order valence-corrected chi connectivity index (χ4v) is 1.95. The average molecular weight is 278 g/mol. The number of carbonyl (C=O) groups excluding carboxylic acids is 1. The number of anilines is 2. The Balaban J connectivity index is 2.01. The van der Waals surface area contributed by atoms with Crippen LogP contribution in [0.15, 0.2) is 30.5 Å². The molecule has 6 nitrogen and oxygen atoms in total. The van der Waals surface area contributed by atoms with Crippen LogP contribution in [0.5, 0.6) is 0 Å². The van der Waals surface area contributed by atoms with Gasteiger partial charge in [-0.05, 0) is 24.3 Å². The van der Waals surface area contributed by atoms with Crippen molar-refractivity contribution in [3.05, 3.63) is 36.2 Å². The number of carbonyl (C=O) groups is 1. The van der Waals surface area contributed by atoms with Crippen molar-refractivity contribution in [2.75, 3.05) is 30.4 Å². The number of benzene rings is 1. The molecule has 0 unspecified atom stereocenters. The lowest BCUT2D eigenvalue weighted by atomic mass is 10.2. The quantitative estimate of drug-likeness (QED) is 0.859. The summed E-state index contributed by atoms with van der Waals surface area (Å²) >= 11 is 0.999. The van der Waals surface area contributed by atoms with E-state index in [9.17, 15) is 4.79 Å². The normalized spacial score (nSPS) is 10.2. The van der Waals surface area contributed by atoms with Crippen LogP contribution >= 0.6 is 11.7 Å². The van der Waals surface area contributed by atoms with Crippen molar-refractivity contribution < 1.29 is 9.90 Å².